The van der Waals surface area contributed by atoms with Gasteiger partial charge in [-0.2, -0.15) is 0 Å². The van der Waals surface area contributed by atoms with Gasteiger partial charge in [0.05, 0.1) is 16.8 Å². The Morgan fingerprint density at radius 2 is 1.94 bits per heavy atom. The molecule has 0 saturated heterocycles. The van der Waals surface area contributed by atoms with Crippen molar-refractivity contribution in [2.75, 3.05) is 13.7 Å². The topological polar surface area (TPSA) is 69.4 Å². The summed E-state index contributed by atoms with van der Waals surface area (Å²) in [6.07, 6.45) is 0. The molecule has 0 amide bonds. The van der Waals surface area contributed by atoms with Crippen molar-refractivity contribution in [1.82, 2.24) is 0 Å². The van der Waals surface area contributed by atoms with Crippen molar-refractivity contribution in [3.8, 4) is 5.75 Å². The van der Waals surface area contributed by atoms with Crippen molar-refractivity contribution >= 4 is 9.84 Å². The van der Waals surface area contributed by atoms with Crippen molar-refractivity contribution in [1.29, 1.82) is 0 Å². The van der Waals surface area contributed by atoms with E-state index in [0.29, 0.717) is 16.2 Å². The first kappa shape index (κ1) is 14.0. The highest BCUT2D eigenvalue weighted by molar-refractivity contribution is 7.92. The molecule has 4 nitrogen and oxygen atoms in total. The molecule has 0 aliphatic heterocycles. The summed E-state index contributed by atoms with van der Waals surface area (Å²) in [6.45, 7) is 5.10. The molecule has 0 aromatic heterocycles. The molecule has 0 heterocycles. The van der Waals surface area contributed by atoms with E-state index in [1.807, 2.05) is 0 Å². The third-order valence-electron chi connectivity index (χ3n) is 2.89. The second-order valence-corrected chi connectivity index (χ2v) is 7.15. The number of hydrogen-bond acceptors (Lipinski definition) is 4. The summed E-state index contributed by atoms with van der Waals surface area (Å²) in [5.41, 5.74) is 6.20. The van der Waals surface area contributed by atoms with Gasteiger partial charge in [-0.25, -0.2) is 8.42 Å². The van der Waals surface area contributed by atoms with Crippen LogP contribution in [0.25, 0.3) is 0 Å². The third kappa shape index (κ3) is 2.45. The SMILES string of the molecule is COc1ccc(S(=O)(=O)C(C)(C)CN)c(C)c1. The second-order valence-electron chi connectivity index (χ2n) is 4.60. The minimum atomic E-state index is -3.42. The van der Waals surface area contributed by atoms with E-state index in [2.05, 4.69) is 0 Å². The lowest BCUT2D eigenvalue weighted by Crippen LogP contribution is -2.39. The van der Waals surface area contributed by atoms with E-state index < -0.39 is 14.6 Å². The summed E-state index contributed by atoms with van der Waals surface area (Å²) in [4.78, 5) is 0.314. The number of methoxy groups -OCH3 is 1. The molecule has 0 radical (unpaired) electrons. The summed E-state index contributed by atoms with van der Waals surface area (Å²) < 4.78 is 28.9. The van der Waals surface area contributed by atoms with E-state index in [-0.39, 0.29) is 6.54 Å². The van der Waals surface area contributed by atoms with Crippen molar-refractivity contribution in [3.63, 3.8) is 0 Å². The molecule has 5 heteroatoms. The lowest BCUT2D eigenvalue weighted by atomic mass is 10.2. The van der Waals surface area contributed by atoms with Crippen LogP contribution in [-0.2, 0) is 9.84 Å². The molecule has 1 aromatic carbocycles. The zero-order valence-electron chi connectivity index (χ0n) is 10.6. The number of rotatable bonds is 4. The Bertz CT molecular complexity index is 506. The number of ether oxygens (including phenoxy) is 1. The predicted octanol–water partition coefficient (Wildman–Crippen LogP) is 1.51. The van der Waals surface area contributed by atoms with Crippen LogP contribution in [0.3, 0.4) is 0 Å². The number of benzene rings is 1. The van der Waals surface area contributed by atoms with Gasteiger partial charge in [0.15, 0.2) is 9.84 Å². The predicted molar refractivity (Wildman–Crippen MR) is 68.1 cm³/mol. The fourth-order valence-electron chi connectivity index (χ4n) is 1.46. The molecule has 0 unspecified atom stereocenters. The van der Waals surface area contributed by atoms with Crippen molar-refractivity contribution < 1.29 is 13.2 Å². The van der Waals surface area contributed by atoms with Crippen LogP contribution in [-0.4, -0.2) is 26.8 Å². The molecule has 0 aliphatic rings. The third-order valence-corrected chi connectivity index (χ3v) is 5.55. The molecule has 0 bridgehead atoms. The smallest absolute Gasteiger partial charge is 0.185 e. The number of aryl methyl sites for hydroxylation is 1. The monoisotopic (exact) mass is 257 g/mol. The van der Waals surface area contributed by atoms with Gasteiger partial charge in [-0.15, -0.1) is 0 Å². The zero-order valence-corrected chi connectivity index (χ0v) is 11.5. The van der Waals surface area contributed by atoms with Crippen LogP contribution >= 0.6 is 0 Å². The maximum Gasteiger partial charge on any atom is 0.185 e. The minimum Gasteiger partial charge on any atom is -0.497 e. The molecule has 17 heavy (non-hydrogen) atoms. The Balaban J connectivity index is 3.35. The molecule has 0 spiro atoms. The van der Waals surface area contributed by atoms with Crippen LogP contribution in [0.1, 0.15) is 19.4 Å². The average molecular weight is 257 g/mol. The summed E-state index contributed by atoms with van der Waals surface area (Å²) >= 11 is 0. The molecule has 0 atom stereocenters. The van der Waals surface area contributed by atoms with Crippen molar-refractivity contribution in [3.05, 3.63) is 23.8 Å². The van der Waals surface area contributed by atoms with Crippen molar-refractivity contribution in [2.24, 2.45) is 5.73 Å². The summed E-state index contributed by atoms with van der Waals surface area (Å²) in [5, 5.41) is 0. The molecular formula is C12H19NO3S. The quantitative estimate of drug-likeness (QED) is 0.887. The molecule has 1 aromatic rings. The van der Waals surface area contributed by atoms with Gasteiger partial charge in [0.25, 0.3) is 0 Å². The van der Waals surface area contributed by atoms with Gasteiger partial charge in [0.2, 0.25) is 0 Å². The van der Waals surface area contributed by atoms with Crippen molar-refractivity contribution in [2.45, 2.75) is 30.4 Å². The highest BCUT2D eigenvalue weighted by Gasteiger charge is 2.35. The second kappa shape index (κ2) is 4.66. The zero-order chi connectivity index (χ0) is 13.3. The van der Waals surface area contributed by atoms with Crippen LogP contribution in [0, 0.1) is 6.92 Å². The standard InChI is InChI=1S/C12H19NO3S/c1-9-7-10(16-4)5-6-11(9)17(14,15)12(2,3)8-13/h5-7H,8,13H2,1-4H3. The molecule has 0 aliphatic carbocycles. The molecule has 0 saturated carbocycles. The number of sulfone groups is 1. The first-order valence-electron chi connectivity index (χ1n) is 5.35. The lowest BCUT2D eigenvalue weighted by molar-refractivity contribution is 0.414. The van der Waals surface area contributed by atoms with Crippen LogP contribution in [0.4, 0.5) is 0 Å². The van der Waals surface area contributed by atoms with E-state index in [9.17, 15) is 8.42 Å². The summed E-state index contributed by atoms with van der Waals surface area (Å²) in [6, 6.07) is 4.92. The van der Waals surface area contributed by atoms with Crippen LogP contribution in [0.15, 0.2) is 23.1 Å². The van der Waals surface area contributed by atoms with E-state index >= 15 is 0 Å². The number of nitrogens with two attached hydrogens (primary N) is 1. The van der Waals surface area contributed by atoms with Crippen LogP contribution in [0.2, 0.25) is 0 Å². The Morgan fingerprint density at radius 1 is 1.35 bits per heavy atom. The fraction of sp³-hybridized carbons (Fsp3) is 0.500. The molecule has 2 N–H and O–H groups in total. The molecule has 0 fully saturated rings. The Hall–Kier alpha value is -1.07. The largest absolute Gasteiger partial charge is 0.497 e. The maximum absolute atomic E-state index is 12.4. The van der Waals surface area contributed by atoms with E-state index in [4.69, 9.17) is 10.5 Å². The van der Waals surface area contributed by atoms with Crippen LogP contribution in [0.5, 0.6) is 5.75 Å². The highest BCUT2D eigenvalue weighted by Crippen LogP contribution is 2.29. The highest BCUT2D eigenvalue weighted by atomic mass is 32.2. The lowest BCUT2D eigenvalue weighted by Gasteiger charge is -2.24. The normalized spacial score (nSPS) is 12.5. The molecular weight excluding hydrogens is 238 g/mol. The van der Waals surface area contributed by atoms with E-state index in [1.165, 1.54) is 0 Å². The van der Waals surface area contributed by atoms with Gasteiger partial charge >= 0.3 is 0 Å². The Kier molecular flexibility index (Phi) is 3.84. The van der Waals surface area contributed by atoms with Gasteiger partial charge < -0.3 is 10.5 Å². The van der Waals surface area contributed by atoms with E-state index in [1.54, 1.807) is 46.1 Å². The maximum atomic E-state index is 12.4. The Morgan fingerprint density at radius 3 is 2.35 bits per heavy atom. The van der Waals surface area contributed by atoms with Gasteiger partial charge in [-0.1, -0.05) is 0 Å². The van der Waals surface area contributed by atoms with E-state index in [0.717, 1.165) is 0 Å². The molecule has 96 valence electrons. The van der Waals surface area contributed by atoms with Crippen LogP contribution < -0.4 is 10.5 Å². The average Bonchev–Trinajstić information content (AvgIpc) is 2.28. The van der Waals surface area contributed by atoms with Gasteiger partial charge in [-0.05, 0) is 44.5 Å². The molecule has 1 rings (SSSR count). The Labute approximate surface area is 103 Å². The first-order chi connectivity index (χ1) is 7.76. The van der Waals surface area contributed by atoms with Gasteiger partial charge in [0.1, 0.15) is 5.75 Å². The summed E-state index contributed by atoms with van der Waals surface area (Å²) in [7, 11) is -1.88. The minimum absolute atomic E-state index is 0.0841. The fourth-order valence-corrected chi connectivity index (χ4v) is 3.00. The van der Waals surface area contributed by atoms with Gasteiger partial charge in [-0.3, -0.25) is 0 Å². The van der Waals surface area contributed by atoms with Gasteiger partial charge in [0, 0.05) is 6.54 Å². The summed E-state index contributed by atoms with van der Waals surface area (Å²) in [5.74, 6) is 0.645. The first-order valence-corrected chi connectivity index (χ1v) is 6.84. The number of hydrogen-bond donors (Lipinski definition) is 1.